The number of rotatable bonds is 5. The minimum atomic E-state index is -0.425. The Labute approximate surface area is 193 Å². The molecule has 0 radical (unpaired) electrons. The van der Waals surface area contributed by atoms with Gasteiger partial charge >= 0.3 is 0 Å². The average molecular weight is 445 g/mol. The number of para-hydroxylation sites is 1. The molecule has 0 unspecified atom stereocenters. The van der Waals surface area contributed by atoms with Crippen LogP contribution in [-0.2, 0) is 9.59 Å². The van der Waals surface area contributed by atoms with Gasteiger partial charge in [-0.15, -0.1) is 0 Å². The predicted molar refractivity (Wildman–Crippen MR) is 131 cm³/mol. The summed E-state index contributed by atoms with van der Waals surface area (Å²) in [6, 6.07) is 20.6. The quantitative estimate of drug-likeness (QED) is 0.458. The van der Waals surface area contributed by atoms with Gasteiger partial charge in [-0.2, -0.15) is 0 Å². The molecular formula is C27H25ClN2O2. The Morgan fingerprint density at radius 2 is 1.56 bits per heavy atom. The molecule has 0 atom stereocenters. The molecule has 3 aromatic rings. The van der Waals surface area contributed by atoms with E-state index in [0.29, 0.717) is 22.2 Å². The van der Waals surface area contributed by atoms with E-state index in [1.54, 1.807) is 24.3 Å². The first kappa shape index (κ1) is 21.8. The fraction of sp³-hybridized carbons (Fsp3) is 0.185. The first-order valence-electron chi connectivity index (χ1n) is 10.6. The van der Waals surface area contributed by atoms with E-state index in [4.69, 9.17) is 11.6 Å². The molecule has 162 valence electrons. The summed E-state index contributed by atoms with van der Waals surface area (Å²) >= 11 is 6.35. The molecule has 1 aliphatic rings. The normalized spacial score (nSPS) is 14.0. The van der Waals surface area contributed by atoms with Crippen LogP contribution >= 0.6 is 11.6 Å². The molecule has 0 saturated carbocycles. The Kier molecular flexibility index (Phi) is 5.90. The van der Waals surface area contributed by atoms with Crippen molar-refractivity contribution in [2.45, 2.75) is 33.6 Å². The SMILES string of the molecule is Cc1ccc(C2=C(Nc3ccc(C(C)C)cc3)C(=O)N(c3ccccc3Cl)C2=O)c(C)c1. The fourth-order valence-corrected chi connectivity index (χ4v) is 4.16. The predicted octanol–water partition coefficient (Wildman–Crippen LogP) is 6.48. The van der Waals surface area contributed by atoms with Crippen molar-refractivity contribution in [3.8, 4) is 0 Å². The highest BCUT2D eigenvalue weighted by atomic mass is 35.5. The Morgan fingerprint density at radius 1 is 0.875 bits per heavy atom. The first-order chi connectivity index (χ1) is 15.3. The fourth-order valence-electron chi connectivity index (χ4n) is 3.94. The summed E-state index contributed by atoms with van der Waals surface area (Å²) in [7, 11) is 0. The number of anilines is 2. The largest absolute Gasteiger partial charge is 0.350 e. The molecular weight excluding hydrogens is 420 g/mol. The molecule has 1 N–H and O–H groups in total. The molecule has 1 heterocycles. The van der Waals surface area contributed by atoms with Crippen LogP contribution in [0.3, 0.4) is 0 Å². The number of nitrogens with one attached hydrogen (secondary N) is 1. The summed E-state index contributed by atoms with van der Waals surface area (Å²) < 4.78 is 0. The van der Waals surface area contributed by atoms with Gasteiger partial charge in [0.1, 0.15) is 5.70 Å². The Hall–Kier alpha value is -3.37. The second-order valence-electron chi connectivity index (χ2n) is 8.37. The maximum absolute atomic E-state index is 13.6. The van der Waals surface area contributed by atoms with Gasteiger partial charge in [-0.3, -0.25) is 9.59 Å². The number of hydrogen-bond acceptors (Lipinski definition) is 3. The molecule has 0 spiro atoms. The van der Waals surface area contributed by atoms with Gasteiger partial charge in [0.15, 0.2) is 0 Å². The van der Waals surface area contributed by atoms with Crippen molar-refractivity contribution in [1.29, 1.82) is 0 Å². The molecule has 0 fully saturated rings. The van der Waals surface area contributed by atoms with Crippen LogP contribution < -0.4 is 10.2 Å². The number of carbonyl (C=O) groups excluding carboxylic acids is 2. The smallest absolute Gasteiger partial charge is 0.282 e. The third-order valence-electron chi connectivity index (χ3n) is 5.68. The van der Waals surface area contributed by atoms with Gasteiger partial charge in [-0.25, -0.2) is 4.90 Å². The van der Waals surface area contributed by atoms with E-state index in [1.165, 1.54) is 5.56 Å². The van der Waals surface area contributed by atoms with Gasteiger partial charge < -0.3 is 5.32 Å². The van der Waals surface area contributed by atoms with Crippen molar-refractivity contribution < 1.29 is 9.59 Å². The standard InChI is InChI=1S/C27H25ClN2O2/c1-16(2)19-10-12-20(13-11-19)29-25-24(21-14-9-17(3)15-18(21)4)26(31)30(27(25)32)23-8-6-5-7-22(23)28/h5-16,29H,1-4H3. The Bertz CT molecular complexity index is 1240. The van der Waals surface area contributed by atoms with Gasteiger partial charge in [0.25, 0.3) is 11.8 Å². The number of benzene rings is 3. The topological polar surface area (TPSA) is 49.4 Å². The Morgan fingerprint density at radius 3 is 2.19 bits per heavy atom. The second kappa shape index (κ2) is 8.64. The molecule has 0 aliphatic carbocycles. The monoisotopic (exact) mass is 444 g/mol. The molecule has 0 bridgehead atoms. The zero-order valence-corrected chi connectivity index (χ0v) is 19.3. The molecule has 4 rings (SSSR count). The van der Waals surface area contributed by atoms with Crippen LogP contribution in [0.4, 0.5) is 11.4 Å². The number of halogens is 1. The molecule has 1 aliphatic heterocycles. The van der Waals surface area contributed by atoms with E-state index in [0.717, 1.165) is 27.3 Å². The van der Waals surface area contributed by atoms with E-state index >= 15 is 0 Å². The molecule has 32 heavy (non-hydrogen) atoms. The van der Waals surface area contributed by atoms with Crippen molar-refractivity contribution >= 4 is 40.4 Å². The molecule has 0 aromatic heterocycles. The van der Waals surface area contributed by atoms with E-state index in [1.807, 2.05) is 56.3 Å². The summed E-state index contributed by atoms with van der Waals surface area (Å²) in [5, 5.41) is 3.57. The molecule has 0 saturated heterocycles. The van der Waals surface area contributed by atoms with Gasteiger partial charge in [-0.1, -0.05) is 73.5 Å². The van der Waals surface area contributed by atoms with E-state index < -0.39 is 11.8 Å². The van der Waals surface area contributed by atoms with Crippen molar-refractivity contribution in [3.63, 3.8) is 0 Å². The van der Waals surface area contributed by atoms with Gasteiger partial charge in [0.2, 0.25) is 0 Å². The highest BCUT2D eigenvalue weighted by Gasteiger charge is 2.41. The lowest BCUT2D eigenvalue weighted by molar-refractivity contribution is -0.120. The number of nitrogens with zero attached hydrogens (tertiary/aromatic N) is 1. The van der Waals surface area contributed by atoms with E-state index in [2.05, 4.69) is 19.2 Å². The van der Waals surface area contributed by atoms with Crippen LogP contribution in [0.5, 0.6) is 0 Å². The third-order valence-corrected chi connectivity index (χ3v) is 5.99. The lowest BCUT2D eigenvalue weighted by Crippen LogP contribution is -2.32. The average Bonchev–Trinajstić information content (AvgIpc) is 2.99. The summed E-state index contributed by atoms with van der Waals surface area (Å²) in [6.45, 7) is 8.20. The zero-order chi connectivity index (χ0) is 23.0. The lowest BCUT2D eigenvalue weighted by atomic mass is 9.97. The van der Waals surface area contributed by atoms with Crippen LogP contribution in [0.1, 0.15) is 42.0 Å². The van der Waals surface area contributed by atoms with Crippen molar-refractivity contribution in [2.24, 2.45) is 0 Å². The minimum Gasteiger partial charge on any atom is -0.350 e. The Balaban J connectivity index is 1.83. The minimum absolute atomic E-state index is 0.249. The van der Waals surface area contributed by atoms with Crippen LogP contribution in [0, 0.1) is 13.8 Å². The zero-order valence-electron chi connectivity index (χ0n) is 18.6. The van der Waals surface area contributed by atoms with Crippen LogP contribution in [0.25, 0.3) is 5.57 Å². The van der Waals surface area contributed by atoms with Gasteiger partial charge in [0, 0.05) is 5.69 Å². The van der Waals surface area contributed by atoms with Crippen molar-refractivity contribution in [2.75, 3.05) is 10.2 Å². The van der Waals surface area contributed by atoms with Crippen molar-refractivity contribution in [1.82, 2.24) is 0 Å². The first-order valence-corrected chi connectivity index (χ1v) is 11.0. The maximum Gasteiger partial charge on any atom is 0.282 e. The summed E-state index contributed by atoms with van der Waals surface area (Å²) in [6.07, 6.45) is 0. The van der Waals surface area contributed by atoms with Gasteiger partial charge in [0.05, 0.1) is 16.3 Å². The van der Waals surface area contributed by atoms with Crippen LogP contribution in [-0.4, -0.2) is 11.8 Å². The molecule has 5 heteroatoms. The van der Waals surface area contributed by atoms with Gasteiger partial charge in [-0.05, 0) is 60.7 Å². The lowest BCUT2D eigenvalue weighted by Gasteiger charge is -2.17. The van der Waals surface area contributed by atoms with Crippen molar-refractivity contribution in [3.05, 3.63) is 99.7 Å². The molecule has 4 nitrogen and oxygen atoms in total. The summed E-state index contributed by atoms with van der Waals surface area (Å²) in [5.41, 5.74) is 5.66. The number of aryl methyl sites for hydroxylation is 2. The summed E-state index contributed by atoms with van der Waals surface area (Å²) in [5.74, 6) is -0.415. The highest BCUT2D eigenvalue weighted by Crippen LogP contribution is 2.37. The second-order valence-corrected chi connectivity index (χ2v) is 8.77. The van der Waals surface area contributed by atoms with E-state index in [9.17, 15) is 9.59 Å². The van der Waals surface area contributed by atoms with E-state index in [-0.39, 0.29) is 5.70 Å². The highest BCUT2D eigenvalue weighted by molar-refractivity contribution is 6.48. The van der Waals surface area contributed by atoms with Crippen LogP contribution in [0.2, 0.25) is 5.02 Å². The number of imide groups is 1. The molecule has 2 amide bonds. The number of amides is 2. The number of carbonyl (C=O) groups is 2. The number of hydrogen-bond donors (Lipinski definition) is 1. The third kappa shape index (κ3) is 3.94. The van der Waals surface area contributed by atoms with Crippen LogP contribution in [0.15, 0.2) is 72.4 Å². The summed E-state index contributed by atoms with van der Waals surface area (Å²) in [4.78, 5) is 28.3. The molecule has 3 aromatic carbocycles. The maximum atomic E-state index is 13.6.